The number of halogens is 1. The molecule has 3 rings (SSSR count). The van der Waals surface area contributed by atoms with Crippen LogP contribution in [0.5, 0.6) is 0 Å². The van der Waals surface area contributed by atoms with E-state index in [4.69, 9.17) is 8.83 Å². The van der Waals surface area contributed by atoms with Crippen molar-refractivity contribution in [3.05, 3.63) is 68.2 Å². The van der Waals surface area contributed by atoms with Crippen LogP contribution in [0.25, 0.3) is 0 Å². The van der Waals surface area contributed by atoms with Crippen molar-refractivity contribution in [3.63, 3.8) is 0 Å². The highest BCUT2D eigenvalue weighted by molar-refractivity contribution is 14.1. The second-order valence-electron chi connectivity index (χ2n) is 4.46. The maximum atomic E-state index is 12.7. The first-order valence-corrected chi connectivity index (χ1v) is 8.26. The van der Waals surface area contributed by atoms with E-state index >= 15 is 0 Å². The van der Waals surface area contributed by atoms with Gasteiger partial charge in [-0.3, -0.25) is 4.79 Å². The molecule has 4 nitrogen and oxygen atoms in total. The van der Waals surface area contributed by atoms with Gasteiger partial charge in [0.05, 0.1) is 34.1 Å². The Labute approximate surface area is 139 Å². The van der Waals surface area contributed by atoms with Crippen molar-refractivity contribution in [1.82, 2.24) is 4.90 Å². The summed E-state index contributed by atoms with van der Waals surface area (Å²) in [6, 6.07) is 9.25. The molecule has 6 heteroatoms. The number of carbonyl (C=O) groups excluding carboxylic acids is 1. The van der Waals surface area contributed by atoms with Crippen LogP contribution < -0.4 is 0 Å². The van der Waals surface area contributed by atoms with Gasteiger partial charge in [-0.1, -0.05) is 0 Å². The quantitative estimate of drug-likeness (QED) is 0.584. The molecule has 108 valence electrons. The summed E-state index contributed by atoms with van der Waals surface area (Å²) >= 11 is 3.77. The van der Waals surface area contributed by atoms with Gasteiger partial charge in [-0.05, 0) is 52.9 Å². The Morgan fingerprint density at radius 3 is 2.19 bits per heavy atom. The molecule has 1 amide bonds. The van der Waals surface area contributed by atoms with Crippen molar-refractivity contribution in [1.29, 1.82) is 0 Å². The first kappa shape index (κ1) is 14.4. The molecule has 0 aromatic carbocycles. The number of amides is 1. The van der Waals surface area contributed by atoms with Gasteiger partial charge in [0.25, 0.3) is 5.91 Å². The third-order valence-electron chi connectivity index (χ3n) is 2.96. The van der Waals surface area contributed by atoms with Crippen LogP contribution in [-0.4, -0.2) is 10.8 Å². The molecule has 0 aliphatic heterocycles. The van der Waals surface area contributed by atoms with Gasteiger partial charge in [-0.25, -0.2) is 0 Å². The molecule has 0 fully saturated rings. The molecular weight excluding hydrogens is 401 g/mol. The number of rotatable bonds is 5. The Hall–Kier alpha value is -1.54. The maximum Gasteiger partial charge on any atom is 0.255 e. The summed E-state index contributed by atoms with van der Waals surface area (Å²) in [6.45, 7) is 0.831. The predicted octanol–water partition coefficient (Wildman–Crippen LogP) is 4.38. The number of furan rings is 2. The zero-order valence-electron chi connectivity index (χ0n) is 11.0. The predicted molar refractivity (Wildman–Crippen MR) is 88.0 cm³/mol. The normalized spacial score (nSPS) is 10.7. The summed E-state index contributed by atoms with van der Waals surface area (Å²) in [5.41, 5.74) is 0.697. The van der Waals surface area contributed by atoms with Crippen LogP contribution in [0.15, 0.2) is 57.1 Å². The molecule has 0 saturated carbocycles. The van der Waals surface area contributed by atoms with Crippen molar-refractivity contribution in [3.8, 4) is 0 Å². The van der Waals surface area contributed by atoms with Gasteiger partial charge in [0.1, 0.15) is 11.5 Å². The highest BCUT2D eigenvalue weighted by atomic mass is 127. The van der Waals surface area contributed by atoms with Crippen LogP contribution in [0.1, 0.15) is 21.9 Å². The third kappa shape index (κ3) is 3.56. The lowest BCUT2D eigenvalue weighted by Gasteiger charge is -2.20. The van der Waals surface area contributed by atoms with Crippen LogP contribution >= 0.6 is 33.9 Å². The van der Waals surface area contributed by atoms with Gasteiger partial charge in [0.15, 0.2) is 0 Å². The average Bonchev–Trinajstić information content (AvgIpc) is 3.19. The standard InChI is InChI=1S/C15H12INO3S/c16-14-7-11(10-21-14)15(18)17(8-12-3-1-5-19-12)9-13-4-2-6-20-13/h1-7,10H,8-9H2. The lowest BCUT2D eigenvalue weighted by atomic mass is 10.2. The van der Waals surface area contributed by atoms with E-state index in [2.05, 4.69) is 22.6 Å². The van der Waals surface area contributed by atoms with Gasteiger partial charge in [0, 0.05) is 5.38 Å². The molecule has 0 N–H and O–H groups in total. The minimum absolute atomic E-state index is 0.0260. The summed E-state index contributed by atoms with van der Waals surface area (Å²) in [7, 11) is 0. The molecule has 0 atom stereocenters. The van der Waals surface area contributed by atoms with Gasteiger partial charge in [-0.15, -0.1) is 11.3 Å². The third-order valence-corrected chi connectivity index (χ3v) is 4.74. The molecule has 3 aromatic heterocycles. The van der Waals surface area contributed by atoms with Crippen LogP contribution in [-0.2, 0) is 13.1 Å². The molecule has 0 radical (unpaired) electrons. The largest absolute Gasteiger partial charge is 0.467 e. The van der Waals surface area contributed by atoms with Gasteiger partial charge in [-0.2, -0.15) is 0 Å². The molecule has 0 aliphatic carbocycles. The first-order valence-electron chi connectivity index (χ1n) is 6.30. The summed E-state index contributed by atoms with van der Waals surface area (Å²) in [5.74, 6) is 1.47. The van der Waals surface area contributed by atoms with Gasteiger partial charge >= 0.3 is 0 Å². The molecule has 0 aliphatic rings. The van der Waals surface area contributed by atoms with Gasteiger partial charge < -0.3 is 13.7 Å². The highest BCUT2D eigenvalue weighted by Gasteiger charge is 2.19. The summed E-state index contributed by atoms with van der Waals surface area (Å²) in [5, 5.41) is 1.88. The van der Waals surface area contributed by atoms with Crippen molar-refractivity contribution in [2.24, 2.45) is 0 Å². The Kier molecular flexibility index (Phi) is 4.45. The number of nitrogens with zero attached hydrogens (tertiary/aromatic N) is 1. The fourth-order valence-electron chi connectivity index (χ4n) is 1.99. The van der Waals surface area contributed by atoms with Gasteiger partial charge in [0.2, 0.25) is 0 Å². The van der Waals surface area contributed by atoms with E-state index in [9.17, 15) is 4.79 Å². The van der Waals surface area contributed by atoms with E-state index in [1.807, 2.05) is 35.7 Å². The Morgan fingerprint density at radius 1 is 1.14 bits per heavy atom. The summed E-state index contributed by atoms with van der Waals surface area (Å²) in [4.78, 5) is 14.4. The summed E-state index contributed by atoms with van der Waals surface area (Å²) < 4.78 is 11.8. The molecular formula is C15H12INO3S. The summed E-state index contributed by atoms with van der Waals surface area (Å²) in [6.07, 6.45) is 3.22. The second kappa shape index (κ2) is 6.48. The van der Waals surface area contributed by atoms with Crippen molar-refractivity contribution in [2.45, 2.75) is 13.1 Å². The monoisotopic (exact) mass is 413 g/mol. The van der Waals surface area contributed by atoms with E-state index < -0.39 is 0 Å². The molecule has 0 spiro atoms. The number of thiophene rings is 1. The smallest absolute Gasteiger partial charge is 0.255 e. The molecule has 0 saturated heterocycles. The minimum Gasteiger partial charge on any atom is -0.467 e. The topological polar surface area (TPSA) is 46.6 Å². The first-order chi connectivity index (χ1) is 10.2. The average molecular weight is 413 g/mol. The zero-order valence-corrected chi connectivity index (χ0v) is 14.0. The number of hydrogen-bond acceptors (Lipinski definition) is 4. The Morgan fingerprint density at radius 2 is 1.76 bits per heavy atom. The highest BCUT2D eigenvalue weighted by Crippen LogP contribution is 2.20. The van der Waals surface area contributed by atoms with E-state index in [0.717, 1.165) is 14.4 Å². The van der Waals surface area contributed by atoms with Crippen LogP contribution in [0.4, 0.5) is 0 Å². The molecule has 3 heterocycles. The van der Waals surface area contributed by atoms with Crippen molar-refractivity contribution >= 4 is 39.8 Å². The van der Waals surface area contributed by atoms with E-state index in [1.165, 1.54) is 0 Å². The minimum atomic E-state index is -0.0260. The zero-order chi connectivity index (χ0) is 14.7. The van der Waals surface area contributed by atoms with Crippen LogP contribution in [0, 0.1) is 2.88 Å². The van der Waals surface area contributed by atoms with E-state index in [0.29, 0.717) is 18.7 Å². The van der Waals surface area contributed by atoms with Crippen LogP contribution in [0.3, 0.4) is 0 Å². The lowest BCUT2D eigenvalue weighted by Crippen LogP contribution is -2.29. The lowest BCUT2D eigenvalue weighted by molar-refractivity contribution is 0.0705. The molecule has 3 aromatic rings. The molecule has 0 unspecified atom stereocenters. The SMILES string of the molecule is O=C(c1csc(I)c1)N(Cc1ccco1)Cc1ccco1. The number of hydrogen-bond donors (Lipinski definition) is 0. The Bertz CT molecular complexity index is 667. The fraction of sp³-hybridized carbons (Fsp3) is 0.133. The Balaban J connectivity index is 1.82. The molecule has 0 bridgehead atoms. The van der Waals surface area contributed by atoms with Crippen molar-refractivity contribution in [2.75, 3.05) is 0 Å². The van der Waals surface area contributed by atoms with E-state index in [1.54, 1.807) is 28.8 Å². The molecule has 21 heavy (non-hydrogen) atoms. The van der Waals surface area contributed by atoms with E-state index in [-0.39, 0.29) is 5.91 Å². The number of carbonyl (C=O) groups is 1. The van der Waals surface area contributed by atoms with Crippen molar-refractivity contribution < 1.29 is 13.6 Å². The van der Waals surface area contributed by atoms with Crippen LogP contribution in [0.2, 0.25) is 0 Å². The fourth-order valence-corrected chi connectivity index (χ4v) is 3.31. The maximum absolute atomic E-state index is 12.7. The second-order valence-corrected chi connectivity index (χ2v) is 7.26.